The van der Waals surface area contributed by atoms with Gasteiger partial charge in [0.1, 0.15) is 5.52 Å². The number of para-hydroxylation sites is 2. The number of hydrogen-bond acceptors (Lipinski definition) is 2. The summed E-state index contributed by atoms with van der Waals surface area (Å²) in [4.78, 5) is 9.72. The van der Waals surface area contributed by atoms with Crippen molar-refractivity contribution in [3.63, 3.8) is 0 Å². The molecule has 0 atom stereocenters. The van der Waals surface area contributed by atoms with Gasteiger partial charge in [-0.25, -0.2) is 9.97 Å². The van der Waals surface area contributed by atoms with Gasteiger partial charge in [-0.3, -0.25) is 0 Å². The number of aromatic nitrogens is 3. The Kier molecular flexibility index (Phi) is 3.32. The van der Waals surface area contributed by atoms with Crippen LogP contribution >= 0.6 is 15.9 Å². The maximum atomic E-state index is 4.86. The van der Waals surface area contributed by atoms with Gasteiger partial charge in [-0.15, -0.1) is 0 Å². The van der Waals surface area contributed by atoms with E-state index >= 15 is 0 Å². The smallest absolute Gasteiger partial charge is 0.160 e. The fraction of sp³-hybridized carbons (Fsp3) is 0.176. The lowest BCUT2D eigenvalue weighted by molar-refractivity contribution is -0.368. The molecule has 2 heterocycles. The zero-order chi connectivity index (χ0) is 15.1. The predicted molar refractivity (Wildman–Crippen MR) is 92.6 cm³/mol. The van der Waals surface area contributed by atoms with E-state index in [1.54, 1.807) is 0 Å². The summed E-state index contributed by atoms with van der Waals surface area (Å²) in [5, 5.41) is 1.15. The van der Waals surface area contributed by atoms with E-state index in [2.05, 4.69) is 44.4 Å². The Morgan fingerprint density at radius 1 is 1.05 bits per heavy atom. The minimum absolute atomic E-state index is 0.915. The molecule has 3 N–H and O–H groups in total. The van der Waals surface area contributed by atoms with Crippen LogP contribution in [0.25, 0.3) is 33.1 Å². The Balaban J connectivity index is 2.13. The predicted octanol–water partition coefficient (Wildman–Crippen LogP) is 3.13. The Bertz CT molecular complexity index is 990. The van der Waals surface area contributed by atoms with E-state index in [1.165, 1.54) is 5.52 Å². The van der Waals surface area contributed by atoms with Crippen LogP contribution in [0.3, 0.4) is 0 Å². The first-order valence-electron chi connectivity index (χ1n) is 7.41. The minimum Gasteiger partial charge on any atom is -0.358 e. The second-order valence-corrected chi connectivity index (χ2v) is 6.32. The molecule has 0 unspecified atom stereocenters. The lowest BCUT2D eigenvalue weighted by Gasteiger charge is -2.05. The van der Waals surface area contributed by atoms with Crippen molar-refractivity contribution in [2.24, 2.45) is 0 Å². The quantitative estimate of drug-likeness (QED) is 0.613. The molecule has 0 aliphatic rings. The summed E-state index contributed by atoms with van der Waals surface area (Å²) in [6.45, 7) is 1.83. The zero-order valence-corrected chi connectivity index (χ0v) is 13.7. The van der Waals surface area contributed by atoms with Crippen LogP contribution in [0.4, 0.5) is 0 Å². The van der Waals surface area contributed by atoms with Crippen LogP contribution in [0.15, 0.2) is 46.9 Å². The molecular formula is C17H16BrN4+. The maximum Gasteiger partial charge on any atom is 0.160 e. The molecule has 22 heavy (non-hydrogen) atoms. The van der Waals surface area contributed by atoms with E-state index in [9.17, 15) is 0 Å². The van der Waals surface area contributed by atoms with Crippen molar-refractivity contribution in [1.82, 2.24) is 14.5 Å². The molecule has 0 radical (unpaired) electrons. The summed E-state index contributed by atoms with van der Waals surface area (Å²) in [5.41, 5.74) is 8.94. The van der Waals surface area contributed by atoms with Crippen LogP contribution in [0.1, 0.15) is 6.42 Å². The van der Waals surface area contributed by atoms with Crippen molar-refractivity contribution in [3.05, 3.63) is 46.9 Å². The van der Waals surface area contributed by atoms with Crippen LogP contribution in [0, 0.1) is 0 Å². The van der Waals surface area contributed by atoms with Crippen molar-refractivity contribution in [2.75, 3.05) is 6.54 Å². The van der Waals surface area contributed by atoms with E-state index < -0.39 is 0 Å². The van der Waals surface area contributed by atoms with Crippen LogP contribution < -0.4 is 5.73 Å². The van der Waals surface area contributed by atoms with Crippen LogP contribution in [0.5, 0.6) is 0 Å². The molecule has 0 fully saturated rings. The van der Waals surface area contributed by atoms with Gasteiger partial charge in [0, 0.05) is 22.8 Å². The number of aryl methyl sites for hydroxylation is 1. The molecule has 4 rings (SSSR count). The summed E-state index contributed by atoms with van der Waals surface area (Å²) < 4.78 is 3.33. The third kappa shape index (κ3) is 2.09. The summed E-state index contributed by atoms with van der Waals surface area (Å²) in [6.07, 6.45) is 1.03. The largest absolute Gasteiger partial charge is 0.358 e. The highest BCUT2D eigenvalue weighted by Gasteiger charge is 2.14. The summed E-state index contributed by atoms with van der Waals surface area (Å²) in [7, 11) is 0. The van der Waals surface area contributed by atoms with E-state index in [4.69, 9.17) is 9.97 Å². The van der Waals surface area contributed by atoms with Gasteiger partial charge in [-0.1, -0.05) is 28.1 Å². The second-order valence-electron chi connectivity index (χ2n) is 5.40. The highest BCUT2D eigenvalue weighted by atomic mass is 79.9. The van der Waals surface area contributed by atoms with Gasteiger partial charge in [-0.05, 0) is 30.3 Å². The average molecular weight is 356 g/mol. The SMILES string of the molecule is [NH3+]CCCn1c2ccc(Br)cc2c2nc3ccccc3nc21. The van der Waals surface area contributed by atoms with Gasteiger partial charge in [0.15, 0.2) is 5.65 Å². The number of rotatable bonds is 3. The zero-order valence-electron chi connectivity index (χ0n) is 12.1. The van der Waals surface area contributed by atoms with Crippen LogP contribution in [-0.4, -0.2) is 21.1 Å². The van der Waals surface area contributed by atoms with E-state index in [1.807, 2.05) is 24.3 Å². The van der Waals surface area contributed by atoms with Crippen molar-refractivity contribution < 1.29 is 5.73 Å². The van der Waals surface area contributed by atoms with Gasteiger partial charge in [0.25, 0.3) is 0 Å². The first kappa shape index (κ1) is 13.7. The molecule has 0 bridgehead atoms. The number of halogens is 1. The topological polar surface area (TPSA) is 58.4 Å². The lowest BCUT2D eigenvalue weighted by Crippen LogP contribution is -2.50. The standard InChI is InChI=1S/C17H15BrN4/c18-11-6-7-15-12(10-11)16-17(22(15)9-3-8-19)21-14-5-2-1-4-13(14)20-16/h1-2,4-7,10H,3,8-9,19H2/p+1. The normalized spacial score (nSPS) is 11.7. The fourth-order valence-corrected chi connectivity index (χ4v) is 3.26. The third-order valence-corrected chi connectivity index (χ3v) is 4.44. The molecule has 4 nitrogen and oxygen atoms in total. The number of nitrogens with zero attached hydrogens (tertiary/aromatic N) is 3. The molecule has 4 aromatic rings. The Labute approximate surface area is 136 Å². The number of hydrogen-bond donors (Lipinski definition) is 1. The molecule has 5 heteroatoms. The van der Waals surface area contributed by atoms with Gasteiger partial charge >= 0.3 is 0 Å². The number of fused-ring (bicyclic) bond motifs is 4. The average Bonchev–Trinajstić information content (AvgIpc) is 2.83. The summed E-state index contributed by atoms with van der Waals surface area (Å²) in [5.74, 6) is 0. The first-order valence-corrected chi connectivity index (χ1v) is 8.21. The maximum absolute atomic E-state index is 4.86. The molecule has 2 aromatic heterocycles. The van der Waals surface area contributed by atoms with Gasteiger partial charge < -0.3 is 10.3 Å². The third-order valence-electron chi connectivity index (χ3n) is 3.94. The molecule has 0 aliphatic carbocycles. The van der Waals surface area contributed by atoms with Gasteiger partial charge in [0.2, 0.25) is 0 Å². The molecule has 110 valence electrons. The minimum atomic E-state index is 0.915. The highest BCUT2D eigenvalue weighted by Crippen LogP contribution is 2.30. The molecule has 0 saturated carbocycles. The molecule has 0 spiro atoms. The van der Waals surface area contributed by atoms with E-state index in [0.717, 1.165) is 51.6 Å². The Morgan fingerprint density at radius 2 is 1.82 bits per heavy atom. The fourth-order valence-electron chi connectivity index (χ4n) is 2.90. The number of quaternary nitrogens is 1. The van der Waals surface area contributed by atoms with Crippen molar-refractivity contribution in [2.45, 2.75) is 13.0 Å². The van der Waals surface area contributed by atoms with Crippen molar-refractivity contribution in [1.29, 1.82) is 0 Å². The van der Waals surface area contributed by atoms with Crippen LogP contribution in [0.2, 0.25) is 0 Å². The van der Waals surface area contributed by atoms with E-state index in [-0.39, 0.29) is 0 Å². The summed E-state index contributed by atoms with van der Waals surface area (Å²) >= 11 is 3.56. The second kappa shape index (κ2) is 5.34. The molecule has 2 aromatic carbocycles. The highest BCUT2D eigenvalue weighted by molar-refractivity contribution is 9.10. The molecule has 0 amide bonds. The molecule has 0 aliphatic heterocycles. The van der Waals surface area contributed by atoms with E-state index in [0.29, 0.717) is 0 Å². The monoisotopic (exact) mass is 355 g/mol. The van der Waals surface area contributed by atoms with Crippen LogP contribution in [-0.2, 0) is 6.54 Å². The Morgan fingerprint density at radius 3 is 2.59 bits per heavy atom. The molecular weight excluding hydrogens is 340 g/mol. The lowest BCUT2D eigenvalue weighted by atomic mass is 10.2. The Hall–Kier alpha value is -1.98. The first-order chi connectivity index (χ1) is 10.8. The van der Waals surface area contributed by atoms with Gasteiger partial charge in [0.05, 0.1) is 23.1 Å². The summed E-state index contributed by atoms with van der Waals surface area (Å²) in [6, 6.07) is 14.4. The number of benzene rings is 2. The molecule has 0 saturated heterocycles. The van der Waals surface area contributed by atoms with Gasteiger partial charge in [-0.2, -0.15) is 0 Å². The van der Waals surface area contributed by atoms with Crippen molar-refractivity contribution >= 4 is 49.0 Å². The van der Waals surface area contributed by atoms with Crippen molar-refractivity contribution in [3.8, 4) is 0 Å².